The summed E-state index contributed by atoms with van der Waals surface area (Å²) in [6.45, 7) is 5.57. The summed E-state index contributed by atoms with van der Waals surface area (Å²) in [5.74, 6) is -0.764. The highest BCUT2D eigenvalue weighted by molar-refractivity contribution is 6.30. The highest BCUT2D eigenvalue weighted by atomic mass is 35.5. The van der Waals surface area contributed by atoms with Gasteiger partial charge in [0.2, 0.25) is 0 Å². The molecule has 0 bridgehead atoms. The maximum atomic E-state index is 13.8. The first kappa shape index (κ1) is 23.4. The molecule has 1 aliphatic carbocycles. The van der Waals surface area contributed by atoms with E-state index in [4.69, 9.17) is 16.3 Å². The molecule has 2 aliphatic rings. The number of rotatable bonds is 4. The number of hydrogen-bond acceptors (Lipinski definition) is 4. The van der Waals surface area contributed by atoms with Crippen molar-refractivity contribution in [1.29, 1.82) is 0 Å². The van der Waals surface area contributed by atoms with Crippen LogP contribution in [0.4, 0.5) is 0 Å². The maximum Gasteiger partial charge on any atom is 0.337 e. The summed E-state index contributed by atoms with van der Waals surface area (Å²) in [5.41, 5.74) is 4.84. The minimum absolute atomic E-state index is 0.0520. The van der Waals surface area contributed by atoms with Gasteiger partial charge in [-0.1, -0.05) is 66.2 Å². The molecular weight excluding hydrogens is 458 g/mol. The number of ether oxygens (including phenoxy) is 1. The van der Waals surface area contributed by atoms with Crippen molar-refractivity contribution < 1.29 is 14.3 Å². The maximum absolute atomic E-state index is 13.8. The van der Waals surface area contributed by atoms with E-state index in [9.17, 15) is 9.59 Å². The summed E-state index contributed by atoms with van der Waals surface area (Å²) < 4.78 is 5.66. The molecule has 0 unspecified atom stereocenters. The van der Waals surface area contributed by atoms with E-state index in [1.165, 1.54) is 0 Å². The lowest BCUT2D eigenvalue weighted by Gasteiger charge is -2.37. The van der Waals surface area contributed by atoms with Crippen LogP contribution >= 0.6 is 11.6 Å². The molecule has 0 fully saturated rings. The Morgan fingerprint density at radius 1 is 1.00 bits per heavy atom. The lowest BCUT2D eigenvalue weighted by molar-refractivity contribution is -0.143. The van der Waals surface area contributed by atoms with Crippen LogP contribution in [0.5, 0.6) is 0 Å². The van der Waals surface area contributed by atoms with Gasteiger partial charge in [0.15, 0.2) is 5.78 Å². The van der Waals surface area contributed by atoms with Gasteiger partial charge in [0.1, 0.15) is 0 Å². The number of Topliss-reactive ketones (excluding diaryl/α,β-unsaturated/α-hetero) is 1. The van der Waals surface area contributed by atoms with Crippen LogP contribution in [0.25, 0.3) is 10.8 Å². The molecule has 1 heterocycles. The second-order valence-corrected chi connectivity index (χ2v) is 10.0. The Hall–Kier alpha value is -3.37. The Labute approximate surface area is 210 Å². The van der Waals surface area contributed by atoms with Crippen LogP contribution in [0, 0.1) is 0 Å². The second kappa shape index (κ2) is 9.35. The summed E-state index contributed by atoms with van der Waals surface area (Å²) in [6.07, 6.45) is 0.811. The number of ketones is 1. The monoisotopic (exact) mass is 485 g/mol. The van der Waals surface area contributed by atoms with E-state index >= 15 is 0 Å². The summed E-state index contributed by atoms with van der Waals surface area (Å²) in [5, 5.41) is 6.20. The van der Waals surface area contributed by atoms with Crippen molar-refractivity contribution in [2.24, 2.45) is 0 Å². The van der Waals surface area contributed by atoms with E-state index in [1.807, 2.05) is 69.3 Å². The SMILES string of the molecule is CC1=C(C(=O)OC(C)C)[C@@H](c2cccc3ccccc23)C2=C(C[C@H](c3ccc(Cl)cc3)CC2=O)N1. The first-order valence-corrected chi connectivity index (χ1v) is 12.4. The Balaban J connectivity index is 1.66. The molecule has 3 aromatic rings. The molecule has 1 N–H and O–H groups in total. The zero-order valence-corrected chi connectivity index (χ0v) is 20.9. The van der Waals surface area contributed by atoms with Crippen LogP contribution in [0.15, 0.2) is 89.3 Å². The third-order valence-electron chi connectivity index (χ3n) is 6.87. The Morgan fingerprint density at radius 2 is 1.71 bits per heavy atom. The number of benzene rings is 3. The number of dihydropyridines is 1. The molecular formula is C30H28ClNO3. The predicted octanol–water partition coefficient (Wildman–Crippen LogP) is 6.81. The molecule has 0 spiro atoms. The Morgan fingerprint density at radius 3 is 2.46 bits per heavy atom. The van der Waals surface area contributed by atoms with Crippen molar-refractivity contribution in [2.75, 3.05) is 0 Å². The molecule has 0 amide bonds. The van der Waals surface area contributed by atoms with Gasteiger partial charge in [0.25, 0.3) is 0 Å². The molecule has 0 saturated heterocycles. The van der Waals surface area contributed by atoms with Gasteiger partial charge in [-0.15, -0.1) is 0 Å². The summed E-state index contributed by atoms with van der Waals surface area (Å²) in [4.78, 5) is 27.2. The third kappa shape index (κ3) is 4.39. The van der Waals surface area contributed by atoms with Crippen molar-refractivity contribution in [3.63, 3.8) is 0 Å². The number of carbonyl (C=O) groups is 2. The van der Waals surface area contributed by atoms with Gasteiger partial charge < -0.3 is 10.1 Å². The standard InChI is InChI=1S/C30H28ClNO3/c1-17(2)35-30(34)27-18(3)32-25-15-21(19-11-13-22(31)14-12-19)16-26(33)29(25)28(27)24-10-6-8-20-7-4-5-9-23(20)24/h4-14,17,21,28,32H,15-16H2,1-3H3/t21-,28+/m0/s1. The van der Waals surface area contributed by atoms with E-state index < -0.39 is 5.92 Å². The highest BCUT2D eigenvalue weighted by Crippen LogP contribution is 2.47. The van der Waals surface area contributed by atoms with E-state index in [-0.39, 0.29) is 23.8 Å². The van der Waals surface area contributed by atoms with Gasteiger partial charge in [-0.25, -0.2) is 4.79 Å². The molecule has 4 nitrogen and oxygen atoms in total. The van der Waals surface area contributed by atoms with Gasteiger partial charge in [0, 0.05) is 34.3 Å². The number of halogens is 1. The fourth-order valence-corrected chi connectivity index (χ4v) is 5.50. The van der Waals surface area contributed by atoms with Crippen LogP contribution in [0.3, 0.4) is 0 Å². The first-order chi connectivity index (χ1) is 16.8. The van der Waals surface area contributed by atoms with E-state index in [1.54, 1.807) is 0 Å². The van der Waals surface area contributed by atoms with Crippen LogP contribution in [-0.2, 0) is 14.3 Å². The molecule has 1 aliphatic heterocycles. The topological polar surface area (TPSA) is 55.4 Å². The number of fused-ring (bicyclic) bond motifs is 1. The molecule has 5 rings (SSSR count). The lowest BCUT2D eigenvalue weighted by atomic mass is 9.71. The fraction of sp³-hybridized carbons (Fsp3) is 0.267. The minimum atomic E-state index is -0.484. The van der Waals surface area contributed by atoms with Gasteiger partial charge in [-0.2, -0.15) is 0 Å². The minimum Gasteiger partial charge on any atom is -0.460 e. The van der Waals surface area contributed by atoms with Gasteiger partial charge in [-0.3, -0.25) is 4.79 Å². The third-order valence-corrected chi connectivity index (χ3v) is 7.12. The van der Waals surface area contributed by atoms with E-state index in [2.05, 4.69) is 23.5 Å². The largest absolute Gasteiger partial charge is 0.460 e. The molecule has 0 aromatic heterocycles. The quantitative estimate of drug-likeness (QED) is 0.412. The van der Waals surface area contributed by atoms with Crippen molar-refractivity contribution in [3.8, 4) is 0 Å². The molecule has 0 saturated carbocycles. The van der Waals surface area contributed by atoms with Crippen molar-refractivity contribution in [2.45, 2.75) is 51.6 Å². The van der Waals surface area contributed by atoms with Crippen molar-refractivity contribution >= 4 is 34.1 Å². The van der Waals surface area contributed by atoms with Gasteiger partial charge >= 0.3 is 5.97 Å². The average molecular weight is 486 g/mol. The zero-order valence-electron chi connectivity index (χ0n) is 20.1. The molecule has 0 radical (unpaired) electrons. The number of nitrogens with one attached hydrogen (secondary N) is 1. The zero-order chi connectivity index (χ0) is 24.7. The average Bonchev–Trinajstić information content (AvgIpc) is 2.82. The molecule has 3 aromatic carbocycles. The number of hydrogen-bond donors (Lipinski definition) is 1. The summed E-state index contributed by atoms with van der Waals surface area (Å²) in [6, 6.07) is 21.9. The molecule has 178 valence electrons. The Kier molecular flexibility index (Phi) is 6.24. The predicted molar refractivity (Wildman–Crippen MR) is 139 cm³/mol. The Bertz CT molecular complexity index is 1380. The summed E-state index contributed by atoms with van der Waals surface area (Å²) >= 11 is 6.09. The number of esters is 1. The van der Waals surface area contributed by atoms with Crippen LogP contribution in [0.1, 0.15) is 56.6 Å². The van der Waals surface area contributed by atoms with Gasteiger partial charge in [-0.05, 0) is 67.1 Å². The van der Waals surface area contributed by atoms with E-state index in [0.717, 1.165) is 33.3 Å². The van der Waals surface area contributed by atoms with Crippen LogP contribution in [0.2, 0.25) is 5.02 Å². The van der Waals surface area contributed by atoms with Crippen molar-refractivity contribution in [1.82, 2.24) is 5.32 Å². The molecule has 2 atom stereocenters. The van der Waals surface area contributed by atoms with Crippen LogP contribution < -0.4 is 5.32 Å². The second-order valence-electron chi connectivity index (χ2n) is 9.59. The fourth-order valence-electron chi connectivity index (χ4n) is 5.37. The highest BCUT2D eigenvalue weighted by Gasteiger charge is 2.42. The summed E-state index contributed by atoms with van der Waals surface area (Å²) in [7, 11) is 0. The first-order valence-electron chi connectivity index (χ1n) is 12.0. The lowest BCUT2D eigenvalue weighted by Crippen LogP contribution is -2.36. The normalized spacial score (nSPS) is 20.2. The smallest absolute Gasteiger partial charge is 0.337 e. The number of carbonyl (C=O) groups excluding carboxylic acids is 2. The van der Waals surface area contributed by atoms with E-state index in [0.29, 0.717) is 29.0 Å². The molecule has 5 heteroatoms. The van der Waals surface area contributed by atoms with Crippen molar-refractivity contribution in [3.05, 3.63) is 105 Å². The molecule has 35 heavy (non-hydrogen) atoms. The van der Waals surface area contributed by atoms with Crippen LogP contribution in [-0.4, -0.2) is 17.9 Å². The number of allylic oxidation sites excluding steroid dienone is 3. The van der Waals surface area contributed by atoms with Gasteiger partial charge in [0.05, 0.1) is 11.7 Å².